The molecule has 1 heterocycles. The van der Waals surface area contributed by atoms with Crippen LogP contribution in [-0.4, -0.2) is 33.9 Å². The third-order valence-electron chi connectivity index (χ3n) is 2.62. The van der Waals surface area contributed by atoms with E-state index in [1.54, 1.807) is 35.0 Å². The van der Waals surface area contributed by atoms with Gasteiger partial charge in [0.15, 0.2) is 0 Å². The van der Waals surface area contributed by atoms with Crippen molar-refractivity contribution in [1.82, 2.24) is 9.88 Å². The summed E-state index contributed by atoms with van der Waals surface area (Å²) < 4.78 is 0. The lowest BCUT2D eigenvalue weighted by atomic mass is 10.1. The van der Waals surface area contributed by atoms with Gasteiger partial charge in [-0.1, -0.05) is 12.1 Å². The molecule has 2 aromatic rings. The zero-order valence-corrected chi connectivity index (χ0v) is 11.1. The van der Waals surface area contributed by atoms with Crippen LogP contribution < -0.4 is 0 Å². The predicted molar refractivity (Wildman–Crippen MR) is 71.3 cm³/mol. The molecule has 0 saturated heterocycles. The number of aromatic nitrogens is 1. The molecule has 1 N–H and O–H groups in total. The maximum absolute atomic E-state index is 12.0. The highest BCUT2D eigenvalue weighted by Gasteiger charge is 2.13. The lowest BCUT2D eigenvalue weighted by molar-refractivity contribution is 0.0695. The van der Waals surface area contributed by atoms with Gasteiger partial charge >= 0.3 is 5.97 Å². The van der Waals surface area contributed by atoms with Crippen LogP contribution in [0.1, 0.15) is 26.4 Å². The molecule has 1 aromatic heterocycles. The molecule has 98 valence electrons. The molecule has 0 aliphatic rings. The van der Waals surface area contributed by atoms with Crippen molar-refractivity contribution in [3.8, 4) is 0 Å². The molecule has 0 unspecified atom stereocenters. The first-order valence-electron chi connectivity index (χ1n) is 5.54. The van der Waals surface area contributed by atoms with Crippen LogP contribution in [0.3, 0.4) is 0 Å². The van der Waals surface area contributed by atoms with E-state index in [1.165, 1.54) is 23.5 Å². The Hall–Kier alpha value is -2.21. The van der Waals surface area contributed by atoms with E-state index in [2.05, 4.69) is 4.98 Å². The molecule has 0 radical (unpaired) electrons. The molecule has 19 heavy (non-hydrogen) atoms. The van der Waals surface area contributed by atoms with Gasteiger partial charge in [-0.3, -0.25) is 4.79 Å². The summed E-state index contributed by atoms with van der Waals surface area (Å²) in [7, 11) is 1.69. The Labute approximate surface area is 114 Å². The highest BCUT2D eigenvalue weighted by Crippen LogP contribution is 2.10. The van der Waals surface area contributed by atoms with Gasteiger partial charge in [0.05, 0.1) is 11.1 Å². The number of carboxylic acids is 1. The van der Waals surface area contributed by atoms with Gasteiger partial charge in [-0.05, 0) is 17.7 Å². The molecule has 0 saturated carbocycles. The highest BCUT2D eigenvalue weighted by atomic mass is 32.1. The number of rotatable bonds is 4. The van der Waals surface area contributed by atoms with Gasteiger partial charge in [0.2, 0.25) is 0 Å². The number of amides is 1. The van der Waals surface area contributed by atoms with E-state index in [0.717, 1.165) is 5.56 Å². The smallest absolute Gasteiger partial charge is 0.335 e. The quantitative estimate of drug-likeness (QED) is 0.928. The molecule has 2 rings (SSSR count). The fourth-order valence-corrected chi connectivity index (χ4v) is 2.14. The molecule has 6 heteroatoms. The van der Waals surface area contributed by atoms with Crippen LogP contribution >= 0.6 is 11.3 Å². The van der Waals surface area contributed by atoms with E-state index in [0.29, 0.717) is 12.2 Å². The van der Waals surface area contributed by atoms with Crippen molar-refractivity contribution in [3.63, 3.8) is 0 Å². The van der Waals surface area contributed by atoms with E-state index in [9.17, 15) is 9.59 Å². The van der Waals surface area contributed by atoms with Crippen LogP contribution in [0.4, 0.5) is 0 Å². The number of carbonyl (C=O) groups is 2. The van der Waals surface area contributed by atoms with Crippen molar-refractivity contribution in [3.05, 3.63) is 52.0 Å². The summed E-state index contributed by atoms with van der Waals surface area (Å²) in [5.74, 6) is -1.11. The Balaban J connectivity index is 2.04. The minimum Gasteiger partial charge on any atom is -0.478 e. The summed E-state index contributed by atoms with van der Waals surface area (Å²) in [4.78, 5) is 28.2. The first kappa shape index (κ1) is 13.2. The van der Waals surface area contributed by atoms with Crippen molar-refractivity contribution in [2.45, 2.75) is 6.54 Å². The monoisotopic (exact) mass is 276 g/mol. The number of carboxylic acid groups (broad SMARTS) is 1. The summed E-state index contributed by atoms with van der Waals surface area (Å²) in [6, 6.07) is 6.46. The highest BCUT2D eigenvalue weighted by molar-refractivity contribution is 7.07. The van der Waals surface area contributed by atoms with Crippen molar-refractivity contribution in [1.29, 1.82) is 0 Å². The van der Waals surface area contributed by atoms with Crippen LogP contribution in [0.15, 0.2) is 35.2 Å². The van der Waals surface area contributed by atoms with Crippen LogP contribution in [0, 0.1) is 0 Å². The summed E-state index contributed by atoms with van der Waals surface area (Å²) in [5.41, 5.74) is 3.14. The van der Waals surface area contributed by atoms with Crippen molar-refractivity contribution in [2.75, 3.05) is 7.05 Å². The molecule has 0 aliphatic carbocycles. The maximum Gasteiger partial charge on any atom is 0.335 e. The molecular formula is C13H12N2O3S. The first-order chi connectivity index (χ1) is 9.08. The van der Waals surface area contributed by atoms with E-state index in [4.69, 9.17) is 5.11 Å². The molecular weight excluding hydrogens is 264 g/mol. The van der Waals surface area contributed by atoms with Gasteiger partial charge in [-0.15, -0.1) is 11.3 Å². The topological polar surface area (TPSA) is 70.5 Å². The second-order valence-electron chi connectivity index (χ2n) is 4.04. The molecule has 0 spiro atoms. The number of nitrogens with zero attached hydrogens (tertiary/aromatic N) is 2. The summed E-state index contributed by atoms with van der Waals surface area (Å²) in [6.07, 6.45) is 0. The van der Waals surface area contributed by atoms with Gasteiger partial charge in [0.25, 0.3) is 5.91 Å². The van der Waals surface area contributed by atoms with E-state index >= 15 is 0 Å². The predicted octanol–water partition coefficient (Wildman–Crippen LogP) is 2.11. The average molecular weight is 276 g/mol. The van der Waals surface area contributed by atoms with E-state index < -0.39 is 5.97 Å². The Bertz CT molecular complexity index is 578. The number of carbonyl (C=O) groups excluding carboxylic acids is 1. The van der Waals surface area contributed by atoms with Gasteiger partial charge in [0, 0.05) is 19.0 Å². The zero-order valence-electron chi connectivity index (χ0n) is 10.2. The molecule has 1 aromatic carbocycles. The van der Waals surface area contributed by atoms with Crippen LogP contribution in [-0.2, 0) is 6.54 Å². The first-order valence-corrected chi connectivity index (χ1v) is 6.48. The second-order valence-corrected chi connectivity index (χ2v) is 4.76. The summed E-state index contributed by atoms with van der Waals surface area (Å²) >= 11 is 1.37. The molecule has 0 atom stereocenters. The second kappa shape index (κ2) is 5.62. The minimum absolute atomic E-state index is 0.149. The third kappa shape index (κ3) is 3.17. The molecule has 0 fully saturated rings. The number of benzene rings is 1. The number of thiazole rings is 1. The van der Waals surface area contributed by atoms with Crippen molar-refractivity contribution >= 4 is 23.2 Å². The standard InChI is InChI=1S/C13H12N2O3S/c1-15(12(16)11-7-19-8-14-11)6-9-2-4-10(5-3-9)13(17)18/h2-5,7-8H,6H2,1H3,(H,17,18). The summed E-state index contributed by atoms with van der Waals surface area (Å²) in [5, 5.41) is 10.5. The Morgan fingerprint density at radius 2 is 2.00 bits per heavy atom. The minimum atomic E-state index is -0.960. The van der Waals surface area contributed by atoms with Crippen LogP contribution in [0.5, 0.6) is 0 Å². The van der Waals surface area contributed by atoms with Gasteiger partial charge in [0.1, 0.15) is 5.69 Å². The summed E-state index contributed by atoms with van der Waals surface area (Å²) in [6.45, 7) is 0.413. The van der Waals surface area contributed by atoms with Crippen molar-refractivity contribution in [2.24, 2.45) is 0 Å². The van der Waals surface area contributed by atoms with Crippen molar-refractivity contribution < 1.29 is 14.7 Å². The average Bonchev–Trinajstić information content (AvgIpc) is 2.92. The molecule has 0 bridgehead atoms. The fourth-order valence-electron chi connectivity index (χ4n) is 1.61. The zero-order chi connectivity index (χ0) is 13.8. The third-order valence-corrected chi connectivity index (χ3v) is 3.21. The van der Waals surface area contributed by atoms with Gasteiger partial charge in [-0.2, -0.15) is 0 Å². The van der Waals surface area contributed by atoms with Crippen LogP contribution in [0.25, 0.3) is 0 Å². The molecule has 0 aliphatic heterocycles. The van der Waals surface area contributed by atoms with Gasteiger partial charge < -0.3 is 10.0 Å². The molecule has 1 amide bonds. The van der Waals surface area contributed by atoms with E-state index in [-0.39, 0.29) is 11.5 Å². The Morgan fingerprint density at radius 1 is 1.32 bits per heavy atom. The van der Waals surface area contributed by atoms with Crippen LogP contribution in [0.2, 0.25) is 0 Å². The lowest BCUT2D eigenvalue weighted by Crippen LogP contribution is -2.26. The SMILES string of the molecule is CN(Cc1ccc(C(=O)O)cc1)C(=O)c1cscn1. The Kier molecular flexibility index (Phi) is 3.91. The number of hydrogen-bond donors (Lipinski definition) is 1. The Morgan fingerprint density at radius 3 is 2.53 bits per heavy atom. The normalized spacial score (nSPS) is 10.2. The molecule has 5 nitrogen and oxygen atoms in total. The lowest BCUT2D eigenvalue weighted by Gasteiger charge is -2.16. The maximum atomic E-state index is 12.0. The van der Waals surface area contributed by atoms with E-state index in [1.807, 2.05) is 0 Å². The number of hydrogen-bond acceptors (Lipinski definition) is 4. The fraction of sp³-hybridized carbons (Fsp3) is 0.154. The largest absolute Gasteiger partial charge is 0.478 e. The number of aromatic carboxylic acids is 1. The van der Waals surface area contributed by atoms with Gasteiger partial charge in [-0.25, -0.2) is 9.78 Å².